The molecule has 0 fully saturated rings. The number of halogens is 2. The molecule has 0 bridgehead atoms. The highest BCUT2D eigenvalue weighted by Gasteiger charge is 2.14. The second kappa shape index (κ2) is 6.51. The Morgan fingerprint density at radius 3 is 2.80 bits per heavy atom. The van der Waals surface area contributed by atoms with Crippen molar-refractivity contribution in [2.45, 2.75) is 32.9 Å². The summed E-state index contributed by atoms with van der Waals surface area (Å²) in [5.41, 5.74) is 0.611. The van der Waals surface area contributed by atoms with Gasteiger partial charge in [0.05, 0.1) is 12.6 Å². The molecule has 0 aliphatic rings. The van der Waals surface area contributed by atoms with E-state index in [1.54, 1.807) is 4.68 Å². The summed E-state index contributed by atoms with van der Waals surface area (Å²) in [6.45, 7) is 5.20. The van der Waals surface area contributed by atoms with Crippen LogP contribution in [0.4, 0.5) is 8.78 Å². The predicted molar refractivity (Wildman–Crippen MR) is 70.0 cm³/mol. The van der Waals surface area contributed by atoms with E-state index in [4.69, 9.17) is 0 Å². The molecule has 2 aromatic rings. The molecule has 0 aliphatic heterocycles. The molecule has 0 saturated heterocycles. The van der Waals surface area contributed by atoms with Gasteiger partial charge in [0.2, 0.25) is 0 Å². The van der Waals surface area contributed by atoms with Crippen molar-refractivity contribution in [1.29, 1.82) is 0 Å². The number of benzene rings is 1. The first-order valence-corrected chi connectivity index (χ1v) is 6.55. The van der Waals surface area contributed by atoms with Gasteiger partial charge in [-0.2, -0.15) is 0 Å². The van der Waals surface area contributed by atoms with E-state index >= 15 is 0 Å². The molecule has 0 aliphatic carbocycles. The zero-order valence-electron chi connectivity index (χ0n) is 11.5. The summed E-state index contributed by atoms with van der Waals surface area (Å²) < 4.78 is 27.7. The standard InChI is InChI=1S/C13H17F2N5/c1-3-6-16-9(2)13-17-18-19-20(13)8-10-4-5-11(14)12(15)7-10/h4-5,7,9,16H,3,6,8H2,1-2H3. The van der Waals surface area contributed by atoms with Crippen molar-refractivity contribution in [3.05, 3.63) is 41.2 Å². The van der Waals surface area contributed by atoms with Crippen LogP contribution in [0, 0.1) is 11.6 Å². The quantitative estimate of drug-likeness (QED) is 0.880. The van der Waals surface area contributed by atoms with Crippen molar-refractivity contribution >= 4 is 0 Å². The molecule has 1 atom stereocenters. The van der Waals surface area contributed by atoms with E-state index in [1.165, 1.54) is 6.07 Å². The van der Waals surface area contributed by atoms with Crippen LogP contribution >= 0.6 is 0 Å². The Morgan fingerprint density at radius 1 is 1.30 bits per heavy atom. The van der Waals surface area contributed by atoms with Crippen LogP contribution < -0.4 is 5.32 Å². The highest BCUT2D eigenvalue weighted by atomic mass is 19.2. The minimum Gasteiger partial charge on any atom is -0.307 e. The summed E-state index contributed by atoms with van der Waals surface area (Å²) in [6, 6.07) is 3.78. The van der Waals surface area contributed by atoms with E-state index in [0.717, 1.165) is 25.1 Å². The molecule has 20 heavy (non-hydrogen) atoms. The first kappa shape index (κ1) is 14.5. The van der Waals surface area contributed by atoms with E-state index in [9.17, 15) is 8.78 Å². The highest BCUT2D eigenvalue weighted by Crippen LogP contribution is 2.13. The zero-order chi connectivity index (χ0) is 14.5. The lowest BCUT2D eigenvalue weighted by Crippen LogP contribution is -2.23. The van der Waals surface area contributed by atoms with Crippen molar-refractivity contribution in [2.75, 3.05) is 6.54 Å². The van der Waals surface area contributed by atoms with Crippen LogP contribution in [0.25, 0.3) is 0 Å². The fourth-order valence-corrected chi connectivity index (χ4v) is 1.90. The summed E-state index contributed by atoms with van der Waals surface area (Å²) in [6.07, 6.45) is 1.01. The lowest BCUT2D eigenvalue weighted by Gasteiger charge is -2.13. The van der Waals surface area contributed by atoms with Gasteiger partial charge in [0.15, 0.2) is 17.5 Å². The maximum Gasteiger partial charge on any atom is 0.168 e. The zero-order valence-corrected chi connectivity index (χ0v) is 11.5. The fraction of sp³-hybridized carbons (Fsp3) is 0.462. The number of tetrazole rings is 1. The van der Waals surface area contributed by atoms with E-state index in [1.807, 2.05) is 6.92 Å². The average molecular weight is 281 g/mol. The third-order valence-electron chi connectivity index (χ3n) is 2.96. The predicted octanol–water partition coefficient (Wildman–Crippen LogP) is 2.06. The lowest BCUT2D eigenvalue weighted by molar-refractivity contribution is 0.495. The second-order valence-corrected chi connectivity index (χ2v) is 4.62. The van der Waals surface area contributed by atoms with Gasteiger partial charge in [0, 0.05) is 0 Å². The van der Waals surface area contributed by atoms with E-state index < -0.39 is 11.6 Å². The van der Waals surface area contributed by atoms with Crippen molar-refractivity contribution in [1.82, 2.24) is 25.5 Å². The molecular weight excluding hydrogens is 264 g/mol. The Labute approximate surface area is 116 Å². The summed E-state index contributed by atoms with van der Waals surface area (Å²) in [7, 11) is 0. The molecule has 0 spiro atoms. The van der Waals surface area contributed by atoms with Crippen LogP contribution in [0.5, 0.6) is 0 Å². The Morgan fingerprint density at radius 2 is 2.10 bits per heavy atom. The number of nitrogens with zero attached hydrogens (tertiary/aromatic N) is 4. The van der Waals surface area contributed by atoms with Crippen molar-refractivity contribution < 1.29 is 8.78 Å². The number of hydrogen-bond donors (Lipinski definition) is 1. The Bertz CT molecular complexity index is 570. The van der Waals surface area contributed by atoms with Crippen LogP contribution in [0.2, 0.25) is 0 Å². The number of nitrogens with one attached hydrogen (secondary N) is 1. The van der Waals surface area contributed by atoms with Crippen LogP contribution in [-0.4, -0.2) is 26.8 Å². The van der Waals surface area contributed by atoms with Gasteiger partial charge in [-0.05, 0) is 48.0 Å². The van der Waals surface area contributed by atoms with Gasteiger partial charge in [-0.3, -0.25) is 0 Å². The van der Waals surface area contributed by atoms with E-state index in [2.05, 4.69) is 27.8 Å². The summed E-state index contributed by atoms with van der Waals surface area (Å²) in [4.78, 5) is 0. The molecule has 1 unspecified atom stereocenters. The van der Waals surface area contributed by atoms with Crippen LogP contribution in [-0.2, 0) is 6.54 Å². The average Bonchev–Trinajstić information content (AvgIpc) is 2.88. The van der Waals surface area contributed by atoms with Crippen LogP contribution in [0.3, 0.4) is 0 Å². The Balaban J connectivity index is 2.13. The molecule has 1 aromatic heterocycles. The van der Waals surface area contributed by atoms with Gasteiger partial charge >= 0.3 is 0 Å². The summed E-state index contributed by atoms with van der Waals surface area (Å²) >= 11 is 0. The van der Waals surface area contributed by atoms with Gasteiger partial charge in [-0.25, -0.2) is 13.5 Å². The molecule has 1 heterocycles. The van der Waals surface area contributed by atoms with Gasteiger partial charge in [-0.15, -0.1) is 5.10 Å². The number of rotatable bonds is 6. The van der Waals surface area contributed by atoms with Crippen molar-refractivity contribution in [3.63, 3.8) is 0 Å². The largest absolute Gasteiger partial charge is 0.307 e. The maximum atomic E-state index is 13.2. The first-order valence-electron chi connectivity index (χ1n) is 6.55. The molecule has 108 valence electrons. The van der Waals surface area contributed by atoms with Crippen LogP contribution in [0.15, 0.2) is 18.2 Å². The lowest BCUT2D eigenvalue weighted by atomic mass is 10.2. The molecule has 5 nitrogen and oxygen atoms in total. The minimum atomic E-state index is -0.866. The summed E-state index contributed by atoms with van der Waals surface area (Å²) in [5, 5.41) is 14.8. The first-order chi connectivity index (χ1) is 9.61. The van der Waals surface area contributed by atoms with Gasteiger partial charge in [0.25, 0.3) is 0 Å². The van der Waals surface area contributed by atoms with Gasteiger partial charge in [0.1, 0.15) is 0 Å². The fourth-order valence-electron chi connectivity index (χ4n) is 1.90. The molecule has 0 radical (unpaired) electrons. The molecule has 0 amide bonds. The third kappa shape index (κ3) is 3.36. The van der Waals surface area contributed by atoms with E-state index in [0.29, 0.717) is 17.9 Å². The normalized spacial score (nSPS) is 12.6. The number of aromatic nitrogens is 4. The number of hydrogen-bond acceptors (Lipinski definition) is 4. The van der Waals surface area contributed by atoms with Crippen LogP contribution in [0.1, 0.15) is 37.7 Å². The summed E-state index contributed by atoms with van der Waals surface area (Å²) in [5.74, 6) is -1.05. The monoisotopic (exact) mass is 281 g/mol. The molecule has 2 rings (SSSR count). The van der Waals surface area contributed by atoms with Crippen molar-refractivity contribution in [2.24, 2.45) is 0 Å². The molecule has 7 heteroatoms. The molecular formula is C13H17F2N5. The van der Waals surface area contributed by atoms with Gasteiger partial charge < -0.3 is 5.32 Å². The third-order valence-corrected chi connectivity index (χ3v) is 2.96. The SMILES string of the molecule is CCCNC(C)c1nnnn1Cc1ccc(F)c(F)c1. The minimum absolute atomic E-state index is 0.00440. The van der Waals surface area contributed by atoms with Gasteiger partial charge in [-0.1, -0.05) is 13.0 Å². The molecule has 1 aromatic carbocycles. The van der Waals surface area contributed by atoms with Crippen molar-refractivity contribution in [3.8, 4) is 0 Å². The second-order valence-electron chi connectivity index (χ2n) is 4.62. The molecule has 1 N–H and O–H groups in total. The Hall–Kier alpha value is -1.89. The topological polar surface area (TPSA) is 55.6 Å². The maximum absolute atomic E-state index is 13.2. The molecule has 0 saturated carbocycles. The Kier molecular flexibility index (Phi) is 4.73. The smallest absolute Gasteiger partial charge is 0.168 e. The van der Waals surface area contributed by atoms with E-state index in [-0.39, 0.29) is 6.04 Å². The highest BCUT2D eigenvalue weighted by molar-refractivity contribution is 5.18.